The van der Waals surface area contributed by atoms with E-state index in [1.807, 2.05) is 43.8 Å². The average molecular weight is 275 g/mol. The smallest absolute Gasteiger partial charge is 0.166 e. The summed E-state index contributed by atoms with van der Waals surface area (Å²) in [6.45, 7) is 3.79. The zero-order chi connectivity index (χ0) is 14.4. The minimum atomic E-state index is 0.470. The second kappa shape index (κ2) is 6.96. The monoisotopic (exact) mass is 275 g/mol. The molecule has 0 saturated heterocycles. The fraction of sp³-hybridized carbons (Fsp3) is 0.400. The van der Waals surface area contributed by atoms with Crippen molar-refractivity contribution in [3.05, 3.63) is 42.0 Å². The predicted octanol–water partition coefficient (Wildman–Crippen LogP) is 2.12. The lowest BCUT2D eigenvalue weighted by Crippen LogP contribution is -2.10. The molecule has 0 aliphatic heterocycles. The van der Waals surface area contributed by atoms with Gasteiger partial charge in [0.1, 0.15) is 6.61 Å². The maximum absolute atomic E-state index is 5.97. The zero-order valence-electron chi connectivity index (χ0n) is 12.2. The Morgan fingerprint density at radius 2 is 2.15 bits per heavy atom. The molecule has 2 aromatic rings. The van der Waals surface area contributed by atoms with Gasteiger partial charge in [-0.15, -0.1) is 0 Å². The van der Waals surface area contributed by atoms with E-state index in [0.29, 0.717) is 13.2 Å². The molecule has 0 amide bonds. The molecule has 20 heavy (non-hydrogen) atoms. The van der Waals surface area contributed by atoms with Crippen molar-refractivity contribution >= 4 is 0 Å². The van der Waals surface area contributed by atoms with Gasteiger partial charge in [0.25, 0.3) is 0 Å². The molecule has 0 saturated carbocycles. The summed E-state index contributed by atoms with van der Waals surface area (Å²) < 4.78 is 13.6. The number of hydrogen-bond donors (Lipinski definition) is 1. The molecule has 2 rings (SSSR count). The van der Waals surface area contributed by atoms with E-state index < -0.39 is 0 Å². The van der Waals surface area contributed by atoms with Gasteiger partial charge in [-0.3, -0.25) is 0 Å². The third-order valence-electron chi connectivity index (χ3n) is 3.01. The Bertz CT molecular complexity index is 528. The van der Waals surface area contributed by atoms with Crippen LogP contribution in [0.1, 0.15) is 18.2 Å². The number of nitrogens with one attached hydrogen (secondary N) is 1. The molecular formula is C15H21N3O2. The molecule has 0 unspecified atom stereocenters. The van der Waals surface area contributed by atoms with E-state index in [-0.39, 0.29) is 0 Å². The summed E-state index contributed by atoms with van der Waals surface area (Å²) in [5.74, 6) is 1.58. The van der Waals surface area contributed by atoms with Crippen LogP contribution in [0.3, 0.4) is 0 Å². The highest BCUT2D eigenvalue weighted by Crippen LogP contribution is 2.32. The number of ether oxygens (including phenoxy) is 2. The fourth-order valence-corrected chi connectivity index (χ4v) is 1.99. The van der Waals surface area contributed by atoms with Crippen molar-refractivity contribution in [2.75, 3.05) is 13.7 Å². The normalized spacial score (nSPS) is 10.6. The number of hydrogen-bond acceptors (Lipinski definition) is 4. The molecular weight excluding hydrogens is 254 g/mol. The number of aromatic nitrogens is 2. The van der Waals surface area contributed by atoms with Crippen molar-refractivity contribution < 1.29 is 9.47 Å². The Morgan fingerprint density at radius 3 is 2.80 bits per heavy atom. The molecule has 0 aliphatic rings. The first-order valence-corrected chi connectivity index (χ1v) is 6.73. The number of aryl methyl sites for hydroxylation is 1. The van der Waals surface area contributed by atoms with E-state index in [9.17, 15) is 0 Å². The van der Waals surface area contributed by atoms with Crippen LogP contribution in [0.25, 0.3) is 0 Å². The maximum Gasteiger partial charge on any atom is 0.166 e. The van der Waals surface area contributed by atoms with Crippen LogP contribution in [0.2, 0.25) is 0 Å². The first-order valence-electron chi connectivity index (χ1n) is 6.73. The molecule has 1 N–H and O–H groups in total. The molecule has 0 radical (unpaired) electrons. The SMILES string of the molecule is CCOc1cccc(CNC)c1OCc1cncn1C. The van der Waals surface area contributed by atoms with Crippen molar-refractivity contribution in [3.8, 4) is 11.5 Å². The molecule has 1 heterocycles. The first-order chi connectivity index (χ1) is 9.76. The highest BCUT2D eigenvalue weighted by molar-refractivity contribution is 5.46. The maximum atomic E-state index is 5.97. The lowest BCUT2D eigenvalue weighted by Gasteiger charge is -2.16. The predicted molar refractivity (Wildman–Crippen MR) is 77.9 cm³/mol. The summed E-state index contributed by atoms with van der Waals surface area (Å²) in [4.78, 5) is 4.09. The van der Waals surface area contributed by atoms with E-state index >= 15 is 0 Å². The second-order valence-corrected chi connectivity index (χ2v) is 4.49. The molecule has 108 valence electrons. The van der Waals surface area contributed by atoms with Crippen LogP contribution in [0.15, 0.2) is 30.7 Å². The third kappa shape index (κ3) is 3.30. The van der Waals surface area contributed by atoms with Crippen molar-refractivity contribution in [2.24, 2.45) is 7.05 Å². The highest BCUT2D eigenvalue weighted by Gasteiger charge is 2.11. The van der Waals surface area contributed by atoms with Crippen LogP contribution in [0.4, 0.5) is 0 Å². The van der Waals surface area contributed by atoms with Crippen molar-refractivity contribution in [3.63, 3.8) is 0 Å². The molecule has 0 bridgehead atoms. The van der Waals surface area contributed by atoms with Crippen LogP contribution in [-0.2, 0) is 20.2 Å². The first kappa shape index (κ1) is 14.4. The van der Waals surface area contributed by atoms with Gasteiger partial charge in [0, 0.05) is 19.2 Å². The molecule has 0 fully saturated rings. The summed E-state index contributed by atoms with van der Waals surface area (Å²) in [6.07, 6.45) is 3.57. The fourth-order valence-electron chi connectivity index (χ4n) is 1.99. The molecule has 1 aromatic heterocycles. The molecule has 0 aliphatic carbocycles. The minimum absolute atomic E-state index is 0.470. The summed E-state index contributed by atoms with van der Waals surface area (Å²) >= 11 is 0. The number of benzene rings is 1. The number of rotatable bonds is 7. The van der Waals surface area contributed by atoms with Gasteiger partial charge in [0.2, 0.25) is 0 Å². The zero-order valence-corrected chi connectivity index (χ0v) is 12.2. The van der Waals surface area contributed by atoms with E-state index in [2.05, 4.69) is 10.3 Å². The molecule has 0 atom stereocenters. The van der Waals surface area contributed by atoms with E-state index in [1.165, 1.54) is 0 Å². The van der Waals surface area contributed by atoms with Gasteiger partial charge >= 0.3 is 0 Å². The van der Waals surface area contributed by atoms with Crippen molar-refractivity contribution in [2.45, 2.75) is 20.1 Å². The Kier molecular flexibility index (Phi) is 5.01. The number of imidazole rings is 1. The van der Waals surface area contributed by atoms with Gasteiger partial charge in [-0.25, -0.2) is 4.98 Å². The van der Waals surface area contributed by atoms with Crippen LogP contribution in [0, 0.1) is 0 Å². The van der Waals surface area contributed by atoms with Gasteiger partial charge in [-0.05, 0) is 20.0 Å². The lowest BCUT2D eigenvalue weighted by atomic mass is 10.2. The Balaban J connectivity index is 2.20. The molecule has 1 aromatic carbocycles. The van der Waals surface area contributed by atoms with Crippen molar-refractivity contribution in [1.82, 2.24) is 14.9 Å². The quantitative estimate of drug-likeness (QED) is 0.841. The third-order valence-corrected chi connectivity index (χ3v) is 3.01. The van der Waals surface area contributed by atoms with Crippen LogP contribution in [-0.4, -0.2) is 23.2 Å². The summed E-state index contributed by atoms with van der Waals surface area (Å²) in [7, 11) is 3.87. The van der Waals surface area contributed by atoms with Gasteiger partial charge in [-0.2, -0.15) is 0 Å². The molecule has 5 nitrogen and oxygen atoms in total. The minimum Gasteiger partial charge on any atom is -0.490 e. The second-order valence-electron chi connectivity index (χ2n) is 4.49. The van der Waals surface area contributed by atoms with E-state index in [0.717, 1.165) is 29.3 Å². The standard InChI is InChI=1S/C15H21N3O2/c1-4-19-14-7-5-6-12(8-16-2)15(14)20-10-13-9-17-11-18(13)3/h5-7,9,11,16H,4,8,10H2,1-3H3. The van der Waals surface area contributed by atoms with Crippen LogP contribution < -0.4 is 14.8 Å². The topological polar surface area (TPSA) is 48.3 Å². The van der Waals surface area contributed by atoms with Gasteiger partial charge in [0.05, 0.1) is 24.8 Å². The highest BCUT2D eigenvalue weighted by atomic mass is 16.5. The van der Waals surface area contributed by atoms with Crippen LogP contribution in [0.5, 0.6) is 11.5 Å². The van der Waals surface area contributed by atoms with E-state index in [1.54, 1.807) is 12.5 Å². The average Bonchev–Trinajstić information content (AvgIpc) is 2.84. The molecule has 0 spiro atoms. The molecule has 5 heteroatoms. The Morgan fingerprint density at radius 1 is 1.30 bits per heavy atom. The van der Waals surface area contributed by atoms with Gasteiger partial charge < -0.3 is 19.4 Å². The summed E-state index contributed by atoms with van der Waals surface area (Å²) in [5, 5.41) is 3.15. The van der Waals surface area contributed by atoms with Gasteiger partial charge in [-0.1, -0.05) is 12.1 Å². The van der Waals surface area contributed by atoms with Crippen molar-refractivity contribution in [1.29, 1.82) is 0 Å². The van der Waals surface area contributed by atoms with Crippen LogP contribution >= 0.6 is 0 Å². The lowest BCUT2D eigenvalue weighted by molar-refractivity contribution is 0.261. The van der Waals surface area contributed by atoms with E-state index in [4.69, 9.17) is 9.47 Å². The number of nitrogens with zero attached hydrogens (tertiary/aromatic N) is 2. The number of para-hydroxylation sites is 1. The Hall–Kier alpha value is -2.01. The van der Waals surface area contributed by atoms with Gasteiger partial charge in [0.15, 0.2) is 11.5 Å². The largest absolute Gasteiger partial charge is 0.490 e. The summed E-state index contributed by atoms with van der Waals surface area (Å²) in [6, 6.07) is 5.95. The summed E-state index contributed by atoms with van der Waals surface area (Å²) in [5.41, 5.74) is 2.10. The Labute approximate surface area is 119 Å².